The fourth-order valence-corrected chi connectivity index (χ4v) is 10.0. The average molecular weight is 870 g/mol. The van der Waals surface area contributed by atoms with Crippen LogP contribution in [0.3, 0.4) is 0 Å². The number of hydrogen-bond acceptors (Lipinski definition) is 12. The molecule has 1 saturated carbocycles. The fraction of sp³-hybridized carbons (Fsp3) is 0.500. The van der Waals surface area contributed by atoms with Crippen molar-refractivity contribution in [1.82, 2.24) is 34.5 Å². The van der Waals surface area contributed by atoms with Crippen molar-refractivity contribution in [3.05, 3.63) is 63.7 Å². The van der Waals surface area contributed by atoms with Crippen LogP contribution in [0.5, 0.6) is 5.75 Å². The van der Waals surface area contributed by atoms with E-state index in [0.29, 0.717) is 70.9 Å². The van der Waals surface area contributed by atoms with E-state index in [9.17, 15) is 14.4 Å². The molecule has 3 N–H and O–H groups in total. The molecule has 2 amide bonds. The predicted octanol–water partition coefficient (Wildman–Crippen LogP) is 5.64. The Hall–Kier alpha value is -5.55. The number of amides is 2. The molecule has 0 radical (unpaired) electrons. The van der Waals surface area contributed by atoms with Crippen LogP contribution in [-0.2, 0) is 23.7 Å². The third-order valence-electron chi connectivity index (χ3n) is 13.6. The Morgan fingerprint density at radius 3 is 2.52 bits per heavy atom. The summed E-state index contributed by atoms with van der Waals surface area (Å²) in [7, 11) is 3.51. The van der Waals surface area contributed by atoms with Crippen LogP contribution in [0.15, 0.2) is 47.4 Å². The first-order valence-corrected chi connectivity index (χ1v) is 21.9. The molecule has 62 heavy (non-hydrogen) atoms. The van der Waals surface area contributed by atoms with E-state index in [4.69, 9.17) is 26.4 Å². The lowest BCUT2D eigenvalue weighted by Gasteiger charge is -2.42. The van der Waals surface area contributed by atoms with Crippen LogP contribution in [0.1, 0.15) is 50.6 Å². The number of nitrogens with one attached hydrogen (secondary N) is 3. The van der Waals surface area contributed by atoms with Gasteiger partial charge in [0.15, 0.2) is 12.4 Å². The van der Waals surface area contributed by atoms with Crippen LogP contribution in [-0.4, -0.2) is 105 Å². The summed E-state index contributed by atoms with van der Waals surface area (Å²) in [6, 6.07) is 10.6. The van der Waals surface area contributed by atoms with E-state index in [0.717, 1.165) is 74.5 Å². The Kier molecular flexibility index (Phi) is 10.2. The number of alkyl halides is 2. The Balaban J connectivity index is 0.777. The van der Waals surface area contributed by atoms with Gasteiger partial charge < -0.3 is 29.7 Å². The first-order valence-electron chi connectivity index (χ1n) is 21.6. The van der Waals surface area contributed by atoms with Crippen LogP contribution in [0.4, 0.5) is 37.6 Å². The van der Waals surface area contributed by atoms with Gasteiger partial charge in [0.05, 0.1) is 40.6 Å². The van der Waals surface area contributed by atoms with Crippen molar-refractivity contribution < 1.29 is 23.1 Å². The third kappa shape index (κ3) is 7.46. The summed E-state index contributed by atoms with van der Waals surface area (Å²) in [4.78, 5) is 54.3. The summed E-state index contributed by atoms with van der Waals surface area (Å²) in [6.07, 6.45) is 4.78. The third-order valence-corrected chi connectivity index (χ3v) is 13.9. The highest BCUT2D eigenvalue weighted by Gasteiger charge is 2.51. The summed E-state index contributed by atoms with van der Waals surface area (Å²) in [6.45, 7) is 7.78. The predicted molar refractivity (Wildman–Crippen MR) is 234 cm³/mol. The first-order chi connectivity index (χ1) is 29.8. The van der Waals surface area contributed by atoms with Crippen LogP contribution >= 0.6 is 11.6 Å². The Morgan fingerprint density at radius 1 is 0.952 bits per heavy atom. The first kappa shape index (κ1) is 40.5. The van der Waals surface area contributed by atoms with Crippen molar-refractivity contribution >= 4 is 74.0 Å². The second kappa shape index (κ2) is 15.7. The molecule has 7 heterocycles. The minimum absolute atomic E-state index is 0.106. The van der Waals surface area contributed by atoms with Crippen molar-refractivity contribution in [3.8, 4) is 5.75 Å². The maximum Gasteiger partial charge on any atom is 0.301 e. The average Bonchev–Trinajstić information content (AvgIpc) is 4.06. The number of anilines is 5. The number of rotatable bonds is 8. The summed E-state index contributed by atoms with van der Waals surface area (Å²) < 4.78 is 39.1. The zero-order valence-electron chi connectivity index (χ0n) is 35.0. The van der Waals surface area contributed by atoms with Crippen molar-refractivity contribution in [2.75, 3.05) is 72.9 Å². The summed E-state index contributed by atoms with van der Waals surface area (Å²) in [5.41, 5.74) is 3.84. The molecule has 0 spiro atoms. The molecule has 10 rings (SSSR count). The standard InChI is InChI=1S/C44H50ClF2N11O4/c1-24-21-58(13-12-26(24)22-56-14-16-57(17-15-56)28-7-8-29-34(19-28)55(3)53-36(29)30-9-11-35(59)50-41(30)60)43-48-20-32(45)40(52-43)49-27-6-10-33-31(18-27)37-38(42(61)54(33)2)62-23-44(46,47)39(51-37)25-4-5-25/h6-8,10,18-20,24-26,30,39,51H,4-5,9,11-17,21-23H2,1-3H3,(H,48,49,52)(H,50,59,60)/t24-,26-,30?,39?/m0/s1. The second-order valence-electron chi connectivity index (χ2n) is 17.8. The number of imide groups is 1. The number of pyridine rings is 1. The van der Waals surface area contributed by atoms with Gasteiger partial charge in [0, 0.05) is 88.5 Å². The van der Waals surface area contributed by atoms with E-state index in [1.54, 1.807) is 19.3 Å². The number of hydrogen-bond donors (Lipinski definition) is 3. The SMILES string of the molecule is C[C@H]1CN(c2ncc(Cl)c(Nc3ccc4c(c3)c3c(c(=O)n4C)OCC(F)(F)C(C4CC4)N3)n2)CC[C@H]1CN1CCN(c2ccc3c(C4CCC(=O)NC4=O)nn(C)c3c2)CC1. The van der Waals surface area contributed by atoms with Gasteiger partial charge in [-0.25, -0.2) is 13.8 Å². The van der Waals surface area contributed by atoms with Crippen molar-refractivity contribution in [2.24, 2.45) is 31.8 Å². The van der Waals surface area contributed by atoms with E-state index in [1.807, 2.05) is 23.9 Å². The highest BCUT2D eigenvalue weighted by Crippen LogP contribution is 2.46. The molecule has 1 aliphatic carbocycles. The maximum absolute atomic E-state index is 15.2. The van der Waals surface area contributed by atoms with Gasteiger partial charge in [-0.2, -0.15) is 10.1 Å². The molecular weight excluding hydrogens is 820 g/mol. The van der Waals surface area contributed by atoms with Gasteiger partial charge in [-0.05, 0) is 79.8 Å². The van der Waals surface area contributed by atoms with E-state index in [2.05, 4.69) is 60.8 Å². The number of piperidine rings is 2. The van der Waals surface area contributed by atoms with Crippen molar-refractivity contribution in [1.29, 1.82) is 0 Å². The number of fused-ring (bicyclic) bond motifs is 4. The van der Waals surface area contributed by atoms with E-state index >= 15 is 8.78 Å². The van der Waals surface area contributed by atoms with Gasteiger partial charge in [-0.3, -0.25) is 29.3 Å². The molecule has 0 bridgehead atoms. The van der Waals surface area contributed by atoms with Crippen molar-refractivity contribution in [2.45, 2.75) is 56.9 Å². The number of nitrogens with zero attached hydrogens (tertiary/aromatic N) is 8. The molecule has 3 saturated heterocycles. The van der Waals surface area contributed by atoms with Gasteiger partial charge in [0.1, 0.15) is 5.02 Å². The number of ether oxygens (including phenoxy) is 1. The molecule has 15 nitrogen and oxygen atoms in total. The Morgan fingerprint density at radius 2 is 1.76 bits per heavy atom. The molecule has 3 aromatic heterocycles. The molecule has 5 aliphatic rings. The number of aryl methyl sites for hydroxylation is 2. The molecule has 4 fully saturated rings. The zero-order valence-corrected chi connectivity index (χ0v) is 35.7. The molecule has 2 unspecified atom stereocenters. The van der Waals surface area contributed by atoms with Gasteiger partial charge in [-0.15, -0.1) is 0 Å². The normalized spacial score (nSPS) is 24.4. The number of piperazine rings is 1. The summed E-state index contributed by atoms with van der Waals surface area (Å²) >= 11 is 6.66. The molecular formula is C44H50ClF2N11O4. The molecule has 4 atom stereocenters. The minimum Gasteiger partial charge on any atom is -0.480 e. The highest BCUT2D eigenvalue weighted by atomic mass is 35.5. The Labute approximate surface area is 361 Å². The van der Waals surface area contributed by atoms with Crippen LogP contribution < -0.4 is 36.0 Å². The summed E-state index contributed by atoms with van der Waals surface area (Å²) in [5.74, 6) is -2.45. The van der Waals surface area contributed by atoms with E-state index in [1.165, 1.54) is 4.57 Å². The molecule has 4 aliphatic heterocycles. The molecule has 2 aromatic carbocycles. The largest absolute Gasteiger partial charge is 0.480 e. The molecule has 5 aromatic rings. The number of aromatic nitrogens is 5. The van der Waals surface area contributed by atoms with Crippen molar-refractivity contribution in [3.63, 3.8) is 0 Å². The van der Waals surface area contributed by atoms with Gasteiger partial charge in [0.2, 0.25) is 23.5 Å². The number of benzene rings is 2. The fourth-order valence-electron chi connectivity index (χ4n) is 9.87. The van der Waals surface area contributed by atoms with E-state index < -0.39 is 30.0 Å². The topological polar surface area (TPSA) is 155 Å². The van der Waals surface area contributed by atoms with Gasteiger partial charge >= 0.3 is 5.92 Å². The van der Waals surface area contributed by atoms with Gasteiger partial charge in [-0.1, -0.05) is 18.5 Å². The minimum atomic E-state index is -3.13. The van der Waals surface area contributed by atoms with E-state index in [-0.39, 0.29) is 29.2 Å². The maximum atomic E-state index is 15.2. The number of carbonyl (C=O) groups excluding carboxylic acids is 2. The van der Waals surface area contributed by atoms with Crippen LogP contribution in [0.2, 0.25) is 5.02 Å². The number of halogens is 3. The lowest BCUT2D eigenvalue weighted by atomic mass is 9.86. The quantitative estimate of drug-likeness (QED) is 0.166. The lowest BCUT2D eigenvalue weighted by molar-refractivity contribution is -0.134. The smallest absolute Gasteiger partial charge is 0.301 e. The number of carbonyl (C=O) groups is 2. The summed E-state index contributed by atoms with van der Waals surface area (Å²) in [5, 5.41) is 15.4. The lowest BCUT2D eigenvalue weighted by Crippen LogP contribution is -2.50. The van der Waals surface area contributed by atoms with Gasteiger partial charge in [0.25, 0.3) is 5.56 Å². The second-order valence-corrected chi connectivity index (χ2v) is 18.2. The molecule has 326 valence electrons. The monoisotopic (exact) mass is 869 g/mol. The molecule has 18 heteroatoms. The highest BCUT2D eigenvalue weighted by molar-refractivity contribution is 6.33. The van der Waals surface area contributed by atoms with Crippen LogP contribution in [0, 0.1) is 17.8 Å². The van der Waals surface area contributed by atoms with Crippen LogP contribution in [0.25, 0.3) is 21.8 Å². The Bertz CT molecular complexity index is 2660. The zero-order chi connectivity index (χ0) is 43.0.